The van der Waals surface area contributed by atoms with E-state index >= 15 is 0 Å². The van der Waals surface area contributed by atoms with Gasteiger partial charge in [-0.2, -0.15) is 5.26 Å². The standard InChI is InChI=1S/C17H18N2O/c1-12(2)15(11-18)17(20)19(3)16-10-6-8-13-7-4-5-9-14(13)16/h4-10,12,15H,1-3H3. The fourth-order valence-electron chi connectivity index (χ4n) is 2.32. The molecule has 102 valence electrons. The Morgan fingerprint density at radius 3 is 2.45 bits per heavy atom. The van der Waals surface area contributed by atoms with Gasteiger partial charge in [0.15, 0.2) is 0 Å². The van der Waals surface area contributed by atoms with Crippen LogP contribution in [0.4, 0.5) is 5.69 Å². The van der Waals surface area contributed by atoms with Gasteiger partial charge in [-0.05, 0) is 17.4 Å². The molecule has 0 aliphatic heterocycles. The molecule has 0 aliphatic rings. The smallest absolute Gasteiger partial charge is 0.244 e. The third kappa shape index (κ3) is 2.50. The molecular formula is C17H18N2O. The second-order valence-electron chi connectivity index (χ2n) is 5.25. The molecule has 2 aromatic carbocycles. The minimum Gasteiger partial charge on any atom is -0.314 e. The van der Waals surface area contributed by atoms with Crippen LogP contribution in [-0.4, -0.2) is 13.0 Å². The first-order chi connectivity index (χ1) is 9.56. The maximum Gasteiger partial charge on any atom is 0.244 e. The van der Waals surface area contributed by atoms with E-state index in [0.717, 1.165) is 16.5 Å². The number of hydrogen-bond acceptors (Lipinski definition) is 2. The van der Waals surface area contributed by atoms with Crippen LogP contribution in [0.1, 0.15) is 13.8 Å². The average Bonchev–Trinajstić information content (AvgIpc) is 2.46. The summed E-state index contributed by atoms with van der Waals surface area (Å²) in [4.78, 5) is 14.1. The zero-order valence-corrected chi connectivity index (χ0v) is 12.0. The van der Waals surface area contributed by atoms with Crippen molar-refractivity contribution < 1.29 is 4.79 Å². The number of nitrogens with zero attached hydrogens (tertiary/aromatic N) is 2. The van der Waals surface area contributed by atoms with Crippen molar-refractivity contribution in [1.82, 2.24) is 0 Å². The molecule has 1 unspecified atom stereocenters. The lowest BCUT2D eigenvalue weighted by Gasteiger charge is -2.23. The lowest BCUT2D eigenvalue weighted by molar-refractivity contribution is -0.121. The Kier molecular flexibility index (Phi) is 4.05. The van der Waals surface area contributed by atoms with E-state index in [1.807, 2.05) is 56.3 Å². The van der Waals surface area contributed by atoms with Crippen LogP contribution in [0, 0.1) is 23.2 Å². The van der Waals surface area contributed by atoms with Crippen LogP contribution in [-0.2, 0) is 4.79 Å². The van der Waals surface area contributed by atoms with Gasteiger partial charge in [-0.25, -0.2) is 0 Å². The summed E-state index contributed by atoms with van der Waals surface area (Å²) in [5, 5.41) is 11.3. The second kappa shape index (κ2) is 5.75. The van der Waals surface area contributed by atoms with Gasteiger partial charge in [0.25, 0.3) is 0 Å². The molecular weight excluding hydrogens is 248 g/mol. The molecule has 1 atom stereocenters. The van der Waals surface area contributed by atoms with Gasteiger partial charge in [-0.3, -0.25) is 4.79 Å². The lowest BCUT2D eigenvalue weighted by atomic mass is 9.95. The van der Waals surface area contributed by atoms with Gasteiger partial charge in [0, 0.05) is 12.4 Å². The van der Waals surface area contributed by atoms with Gasteiger partial charge >= 0.3 is 0 Å². The van der Waals surface area contributed by atoms with Crippen molar-refractivity contribution in [2.45, 2.75) is 13.8 Å². The molecule has 0 saturated carbocycles. The molecule has 3 heteroatoms. The minimum absolute atomic E-state index is 0.00456. The van der Waals surface area contributed by atoms with Crippen LogP contribution in [0.25, 0.3) is 10.8 Å². The number of benzene rings is 2. The first kappa shape index (κ1) is 14.1. The second-order valence-corrected chi connectivity index (χ2v) is 5.25. The maximum atomic E-state index is 12.5. The van der Waals surface area contributed by atoms with Crippen molar-refractivity contribution >= 4 is 22.4 Å². The predicted octanol–water partition coefficient (Wildman–Crippen LogP) is 3.60. The number of carbonyl (C=O) groups excluding carboxylic acids is 1. The molecule has 0 aromatic heterocycles. The molecule has 0 bridgehead atoms. The topological polar surface area (TPSA) is 44.1 Å². The van der Waals surface area contributed by atoms with Crippen molar-refractivity contribution in [3.8, 4) is 6.07 Å². The van der Waals surface area contributed by atoms with Crippen LogP contribution in [0.3, 0.4) is 0 Å². The zero-order valence-electron chi connectivity index (χ0n) is 12.0. The molecule has 0 saturated heterocycles. The Bertz CT molecular complexity index is 665. The van der Waals surface area contributed by atoms with Crippen LogP contribution in [0.5, 0.6) is 0 Å². The summed E-state index contributed by atoms with van der Waals surface area (Å²) in [6, 6.07) is 15.9. The van der Waals surface area contributed by atoms with Gasteiger partial charge in [-0.15, -0.1) is 0 Å². The van der Waals surface area contributed by atoms with Crippen molar-refractivity contribution in [2.24, 2.45) is 11.8 Å². The number of hydrogen-bond donors (Lipinski definition) is 0. The van der Waals surface area contributed by atoms with Gasteiger partial charge in [0.2, 0.25) is 5.91 Å². The monoisotopic (exact) mass is 266 g/mol. The molecule has 0 spiro atoms. The van der Waals surface area contributed by atoms with Crippen LogP contribution in [0.2, 0.25) is 0 Å². The molecule has 0 N–H and O–H groups in total. The fourth-order valence-corrected chi connectivity index (χ4v) is 2.32. The van der Waals surface area contributed by atoms with Crippen LogP contribution >= 0.6 is 0 Å². The third-order valence-corrected chi connectivity index (χ3v) is 3.53. The summed E-state index contributed by atoms with van der Waals surface area (Å²) in [6.07, 6.45) is 0. The van der Waals surface area contributed by atoms with Crippen molar-refractivity contribution in [2.75, 3.05) is 11.9 Å². The summed E-state index contributed by atoms with van der Waals surface area (Å²) < 4.78 is 0. The Hall–Kier alpha value is -2.34. The van der Waals surface area contributed by atoms with Gasteiger partial charge < -0.3 is 4.90 Å². The predicted molar refractivity (Wildman–Crippen MR) is 81.3 cm³/mol. The number of fused-ring (bicyclic) bond motifs is 1. The Morgan fingerprint density at radius 1 is 1.15 bits per heavy atom. The Morgan fingerprint density at radius 2 is 1.80 bits per heavy atom. The largest absolute Gasteiger partial charge is 0.314 e. The molecule has 0 fully saturated rings. The molecule has 1 amide bonds. The van der Waals surface area contributed by atoms with E-state index < -0.39 is 5.92 Å². The van der Waals surface area contributed by atoms with Gasteiger partial charge in [0.1, 0.15) is 5.92 Å². The highest BCUT2D eigenvalue weighted by Gasteiger charge is 2.26. The van der Waals surface area contributed by atoms with Crippen LogP contribution in [0.15, 0.2) is 42.5 Å². The number of rotatable bonds is 3. The van der Waals surface area contributed by atoms with Gasteiger partial charge in [0.05, 0.1) is 11.8 Å². The summed E-state index contributed by atoms with van der Waals surface area (Å²) >= 11 is 0. The van der Waals surface area contributed by atoms with Gasteiger partial charge in [-0.1, -0.05) is 50.2 Å². The minimum atomic E-state index is -0.612. The highest BCUT2D eigenvalue weighted by Crippen LogP contribution is 2.27. The Balaban J connectivity index is 2.44. The Labute approximate surface area is 119 Å². The van der Waals surface area contributed by atoms with Crippen molar-refractivity contribution in [3.05, 3.63) is 42.5 Å². The quantitative estimate of drug-likeness (QED) is 0.852. The highest BCUT2D eigenvalue weighted by molar-refractivity contribution is 6.04. The number of amides is 1. The first-order valence-corrected chi connectivity index (χ1v) is 6.71. The van der Waals surface area contributed by atoms with E-state index in [1.54, 1.807) is 11.9 Å². The maximum absolute atomic E-state index is 12.5. The lowest BCUT2D eigenvalue weighted by Crippen LogP contribution is -2.34. The van der Waals surface area contributed by atoms with E-state index in [2.05, 4.69) is 6.07 Å². The SMILES string of the molecule is CC(C)C(C#N)C(=O)N(C)c1cccc2ccccc12. The molecule has 0 radical (unpaired) electrons. The average molecular weight is 266 g/mol. The molecule has 2 rings (SSSR count). The van der Waals surface area contributed by atoms with E-state index in [1.165, 1.54) is 0 Å². The molecule has 0 aliphatic carbocycles. The molecule has 0 heterocycles. The molecule has 3 nitrogen and oxygen atoms in total. The highest BCUT2D eigenvalue weighted by atomic mass is 16.2. The summed E-state index contributed by atoms with van der Waals surface area (Å²) in [5.74, 6) is -0.761. The number of nitriles is 1. The third-order valence-electron chi connectivity index (χ3n) is 3.53. The fraction of sp³-hybridized carbons (Fsp3) is 0.294. The number of anilines is 1. The van der Waals surface area contributed by atoms with Crippen molar-refractivity contribution in [3.63, 3.8) is 0 Å². The first-order valence-electron chi connectivity index (χ1n) is 6.71. The normalized spacial score (nSPS) is 12.2. The van der Waals surface area contributed by atoms with E-state index in [0.29, 0.717) is 0 Å². The molecule has 20 heavy (non-hydrogen) atoms. The summed E-state index contributed by atoms with van der Waals surface area (Å²) in [5.41, 5.74) is 0.842. The summed E-state index contributed by atoms with van der Waals surface area (Å²) in [6.45, 7) is 3.78. The summed E-state index contributed by atoms with van der Waals surface area (Å²) in [7, 11) is 1.73. The van der Waals surface area contributed by atoms with Crippen LogP contribution < -0.4 is 4.90 Å². The zero-order chi connectivity index (χ0) is 14.7. The van der Waals surface area contributed by atoms with E-state index in [4.69, 9.17) is 0 Å². The van der Waals surface area contributed by atoms with E-state index in [9.17, 15) is 10.1 Å². The number of carbonyl (C=O) groups is 1. The molecule has 2 aromatic rings. The van der Waals surface area contributed by atoms with Crippen molar-refractivity contribution in [1.29, 1.82) is 5.26 Å². The van der Waals surface area contributed by atoms with E-state index in [-0.39, 0.29) is 11.8 Å².